The first-order chi connectivity index (χ1) is 20.7. The molecule has 1 atom stereocenters. The number of benzene rings is 2. The first-order valence-electron chi connectivity index (χ1n) is 15.4. The van der Waals surface area contributed by atoms with Crippen LogP contribution in [0.3, 0.4) is 0 Å². The van der Waals surface area contributed by atoms with E-state index in [9.17, 15) is 18.0 Å². The molecule has 1 unspecified atom stereocenters. The van der Waals surface area contributed by atoms with Gasteiger partial charge >= 0.3 is 6.09 Å². The van der Waals surface area contributed by atoms with E-state index in [0.717, 1.165) is 58.2 Å². The van der Waals surface area contributed by atoms with Gasteiger partial charge in [0.05, 0.1) is 10.9 Å². The summed E-state index contributed by atoms with van der Waals surface area (Å²) in [5.74, 6) is -0.171. The Morgan fingerprint density at radius 3 is 2.32 bits per heavy atom. The van der Waals surface area contributed by atoms with E-state index in [1.807, 2.05) is 77.4 Å². The summed E-state index contributed by atoms with van der Waals surface area (Å²) in [6, 6.07) is 8.72. The highest BCUT2D eigenvalue weighted by Crippen LogP contribution is 2.32. The van der Waals surface area contributed by atoms with E-state index >= 15 is 0 Å². The van der Waals surface area contributed by atoms with Crippen LogP contribution in [0.15, 0.2) is 41.4 Å². The number of carbonyl (C=O) groups excluding carboxylic acids is 2. The minimum Gasteiger partial charge on any atom is -0.444 e. The molecule has 2 N–H and O–H groups in total. The van der Waals surface area contributed by atoms with Crippen molar-refractivity contribution in [3.8, 4) is 0 Å². The molecule has 44 heavy (non-hydrogen) atoms. The summed E-state index contributed by atoms with van der Waals surface area (Å²) in [6.07, 6.45) is 4.42. The average molecular weight is 624 g/mol. The van der Waals surface area contributed by atoms with Crippen LogP contribution in [0.4, 0.5) is 16.2 Å². The van der Waals surface area contributed by atoms with Crippen molar-refractivity contribution in [2.24, 2.45) is 0 Å². The second-order valence-electron chi connectivity index (χ2n) is 13.2. The summed E-state index contributed by atoms with van der Waals surface area (Å²) < 4.78 is 35.5. The summed E-state index contributed by atoms with van der Waals surface area (Å²) in [7, 11) is -3.56. The monoisotopic (exact) mass is 623 g/mol. The third-order valence-corrected chi connectivity index (χ3v) is 10.5. The highest BCUT2D eigenvalue weighted by atomic mass is 32.2. The molecule has 2 saturated heterocycles. The molecular formula is C33H45N5O5S. The van der Waals surface area contributed by atoms with Gasteiger partial charge in [0.1, 0.15) is 11.6 Å². The summed E-state index contributed by atoms with van der Waals surface area (Å²) in [6.45, 7) is 15.5. The molecule has 10 nitrogen and oxygen atoms in total. The first-order valence-corrected chi connectivity index (χ1v) is 16.9. The maximum Gasteiger partial charge on any atom is 0.410 e. The van der Waals surface area contributed by atoms with Crippen molar-refractivity contribution in [2.45, 2.75) is 90.3 Å². The summed E-state index contributed by atoms with van der Waals surface area (Å²) in [5, 5.41) is 7.47. The first kappa shape index (κ1) is 31.8. The Bertz CT molecular complexity index is 1680. The molecule has 0 bridgehead atoms. The van der Waals surface area contributed by atoms with Crippen molar-refractivity contribution >= 4 is 44.3 Å². The van der Waals surface area contributed by atoms with Crippen LogP contribution in [0.5, 0.6) is 0 Å². The van der Waals surface area contributed by atoms with Crippen molar-refractivity contribution in [2.75, 3.05) is 36.8 Å². The fourth-order valence-electron chi connectivity index (χ4n) is 5.95. The number of rotatable bonds is 7. The zero-order valence-electron chi connectivity index (χ0n) is 26.9. The predicted molar refractivity (Wildman–Crippen MR) is 174 cm³/mol. The van der Waals surface area contributed by atoms with Crippen LogP contribution in [0.1, 0.15) is 69.7 Å². The third kappa shape index (κ3) is 6.44. The number of aromatic nitrogens is 1. The van der Waals surface area contributed by atoms with E-state index < -0.39 is 21.7 Å². The van der Waals surface area contributed by atoms with Crippen LogP contribution < -0.4 is 10.6 Å². The molecule has 0 aliphatic carbocycles. The topological polar surface area (TPSA) is 113 Å². The molecule has 2 fully saturated rings. The van der Waals surface area contributed by atoms with Crippen molar-refractivity contribution in [1.82, 2.24) is 13.8 Å². The van der Waals surface area contributed by atoms with E-state index in [4.69, 9.17) is 4.74 Å². The maximum atomic E-state index is 13.6. The van der Waals surface area contributed by atoms with Gasteiger partial charge in [-0.15, -0.1) is 0 Å². The van der Waals surface area contributed by atoms with Gasteiger partial charge in [0.25, 0.3) is 0 Å². The van der Waals surface area contributed by atoms with Crippen LogP contribution in [0, 0.1) is 20.8 Å². The highest BCUT2D eigenvalue weighted by molar-refractivity contribution is 7.89. The molecule has 3 aromatic rings. The standard InChI is InChI=1S/C33H45N5O5S/c1-21-11-13-28(34-25-19-36(20-25)32(40)43-33(5,6)7)23(3)30(21)35-31(39)24(4)38-18-22(2)27-17-26(12-14-29(27)38)44(41,42)37-15-9-8-10-16-37/h11-14,17-18,24-25,34H,8-10,15-16,19-20H2,1-7H3,(H,35,39). The number of anilines is 2. The number of carbonyl (C=O) groups is 2. The van der Waals surface area contributed by atoms with E-state index in [2.05, 4.69) is 10.6 Å². The van der Waals surface area contributed by atoms with Gasteiger partial charge < -0.3 is 24.8 Å². The SMILES string of the molecule is Cc1ccc(NC2CN(C(=O)OC(C)(C)C)C2)c(C)c1NC(=O)C(C)n1cc(C)c2cc(S(=O)(=O)N3CCCCC3)ccc21. The molecule has 11 heteroatoms. The number of fused-ring (bicyclic) bond motifs is 1. The Kier molecular flexibility index (Phi) is 8.74. The van der Waals surface area contributed by atoms with Gasteiger partial charge in [0, 0.05) is 54.7 Å². The lowest BCUT2D eigenvalue weighted by atomic mass is 10.0. The zero-order valence-corrected chi connectivity index (χ0v) is 27.7. The highest BCUT2D eigenvalue weighted by Gasteiger charge is 2.34. The Balaban J connectivity index is 1.29. The number of hydrogen-bond acceptors (Lipinski definition) is 6. The summed E-state index contributed by atoms with van der Waals surface area (Å²) in [4.78, 5) is 27.9. The molecule has 5 rings (SSSR count). The number of ether oxygens (including phenoxy) is 1. The molecule has 2 aromatic carbocycles. The number of hydrogen-bond donors (Lipinski definition) is 2. The second-order valence-corrected chi connectivity index (χ2v) is 15.1. The van der Waals surface area contributed by atoms with Crippen LogP contribution in [-0.4, -0.2) is 72.0 Å². The Hall–Kier alpha value is -3.57. The summed E-state index contributed by atoms with van der Waals surface area (Å²) >= 11 is 0. The van der Waals surface area contributed by atoms with Crippen LogP contribution in [-0.2, 0) is 19.6 Å². The number of nitrogens with zero attached hydrogens (tertiary/aromatic N) is 3. The number of sulfonamides is 1. The molecule has 238 valence electrons. The van der Waals surface area contributed by atoms with Crippen molar-refractivity contribution < 1.29 is 22.7 Å². The maximum absolute atomic E-state index is 13.6. The second kappa shape index (κ2) is 12.1. The predicted octanol–water partition coefficient (Wildman–Crippen LogP) is 5.97. The largest absolute Gasteiger partial charge is 0.444 e. The normalized spacial score (nSPS) is 17.3. The number of aryl methyl sites for hydroxylation is 2. The molecule has 1 aromatic heterocycles. The van der Waals surface area contributed by atoms with E-state index in [0.29, 0.717) is 31.1 Å². The average Bonchev–Trinajstić information content (AvgIpc) is 3.28. The molecule has 2 amide bonds. The lowest BCUT2D eigenvalue weighted by molar-refractivity contribution is -0.118. The van der Waals surface area contributed by atoms with E-state index in [1.165, 1.54) is 0 Å². The lowest BCUT2D eigenvalue weighted by Gasteiger charge is -2.40. The number of likely N-dealkylation sites (tertiary alicyclic amines) is 1. The van der Waals surface area contributed by atoms with Crippen LogP contribution in [0.2, 0.25) is 0 Å². The van der Waals surface area contributed by atoms with Crippen molar-refractivity contribution in [3.05, 3.63) is 53.2 Å². The fourth-order valence-corrected chi connectivity index (χ4v) is 7.50. The molecule has 0 spiro atoms. The van der Waals surface area contributed by atoms with Gasteiger partial charge in [-0.2, -0.15) is 4.31 Å². The summed E-state index contributed by atoms with van der Waals surface area (Å²) in [5.41, 5.74) is 4.70. The quantitative estimate of drug-likeness (QED) is 0.335. The van der Waals surface area contributed by atoms with Crippen LogP contribution >= 0.6 is 0 Å². The van der Waals surface area contributed by atoms with Gasteiger partial charge in [-0.05, 0) is 102 Å². The smallest absolute Gasteiger partial charge is 0.410 e. The molecule has 0 saturated carbocycles. The van der Waals surface area contributed by atoms with Gasteiger partial charge in [-0.1, -0.05) is 12.5 Å². The fraction of sp³-hybridized carbons (Fsp3) is 0.515. The molecule has 2 aliphatic rings. The van der Waals surface area contributed by atoms with Gasteiger partial charge in [-0.25, -0.2) is 13.2 Å². The molecule has 2 aliphatic heterocycles. The minimum atomic E-state index is -3.56. The zero-order chi connectivity index (χ0) is 32.0. The van der Waals surface area contributed by atoms with Gasteiger partial charge in [-0.3, -0.25) is 4.79 Å². The van der Waals surface area contributed by atoms with Crippen molar-refractivity contribution in [3.63, 3.8) is 0 Å². The molecular weight excluding hydrogens is 578 g/mol. The molecule has 0 radical (unpaired) electrons. The Labute approximate surface area is 260 Å². The van der Waals surface area contributed by atoms with Gasteiger partial charge in [0.2, 0.25) is 15.9 Å². The number of amides is 2. The van der Waals surface area contributed by atoms with E-state index in [-0.39, 0.29) is 18.0 Å². The Morgan fingerprint density at radius 1 is 0.977 bits per heavy atom. The molecule has 3 heterocycles. The lowest BCUT2D eigenvalue weighted by Crippen LogP contribution is -2.58. The number of nitrogens with one attached hydrogen (secondary N) is 2. The number of piperidine rings is 1. The van der Waals surface area contributed by atoms with Gasteiger partial charge in [0.15, 0.2) is 0 Å². The Morgan fingerprint density at radius 2 is 1.66 bits per heavy atom. The van der Waals surface area contributed by atoms with Crippen molar-refractivity contribution in [1.29, 1.82) is 0 Å². The van der Waals surface area contributed by atoms with Crippen LogP contribution in [0.25, 0.3) is 10.9 Å². The minimum absolute atomic E-state index is 0.0873. The van der Waals surface area contributed by atoms with E-state index in [1.54, 1.807) is 21.3 Å². The third-order valence-electron chi connectivity index (χ3n) is 8.57.